The van der Waals surface area contributed by atoms with Crippen LogP contribution in [0.4, 0.5) is 4.39 Å². The van der Waals surface area contributed by atoms with E-state index in [2.05, 4.69) is 6.92 Å². The zero-order valence-corrected chi connectivity index (χ0v) is 13.0. The maximum atomic E-state index is 13.8. The molecule has 1 aromatic carbocycles. The fourth-order valence-electron chi connectivity index (χ4n) is 1.86. The van der Waals surface area contributed by atoms with Crippen LogP contribution in [0.3, 0.4) is 0 Å². The zero-order valence-electron chi connectivity index (χ0n) is 11.4. The molecule has 0 saturated carbocycles. The van der Waals surface area contributed by atoms with Crippen LogP contribution in [0.15, 0.2) is 12.1 Å². The van der Waals surface area contributed by atoms with Gasteiger partial charge in [0.2, 0.25) is 0 Å². The lowest BCUT2D eigenvalue weighted by Gasteiger charge is -2.14. The van der Waals surface area contributed by atoms with Crippen LogP contribution in [0, 0.1) is 5.82 Å². The molecule has 0 saturated heterocycles. The van der Waals surface area contributed by atoms with Crippen molar-refractivity contribution in [3.8, 4) is 5.75 Å². The maximum Gasteiger partial charge on any atom is 0.173 e. The lowest BCUT2D eigenvalue weighted by atomic mass is 10.0. The summed E-state index contributed by atoms with van der Waals surface area (Å²) in [5.74, 6) is -0.325. The number of rotatable bonds is 7. The largest absolute Gasteiger partial charge is 0.489 e. The molecule has 0 aliphatic heterocycles. The molecule has 1 atom stereocenters. The van der Waals surface area contributed by atoms with E-state index in [0.717, 1.165) is 31.2 Å². The Morgan fingerprint density at radius 3 is 2.53 bits per heavy atom. The normalized spacial score (nSPS) is 11.8. The van der Waals surface area contributed by atoms with E-state index < -0.39 is 5.82 Å². The van der Waals surface area contributed by atoms with Crippen molar-refractivity contribution in [2.45, 2.75) is 45.6 Å². The summed E-state index contributed by atoms with van der Waals surface area (Å²) in [5, 5.41) is 0.290. The molecule has 1 rings (SSSR count). The molecule has 0 heterocycles. The molecule has 0 unspecified atom stereocenters. The van der Waals surface area contributed by atoms with E-state index in [9.17, 15) is 4.39 Å². The van der Waals surface area contributed by atoms with Gasteiger partial charge in [-0.1, -0.05) is 37.8 Å². The number of benzene rings is 1. The maximum absolute atomic E-state index is 13.8. The van der Waals surface area contributed by atoms with E-state index in [1.807, 2.05) is 0 Å². The summed E-state index contributed by atoms with van der Waals surface area (Å²) in [4.78, 5) is 0. The number of unbranched alkanes of at least 4 members (excludes halogenated alkanes) is 2. The first-order valence-corrected chi connectivity index (χ1v) is 6.85. The SMILES string of the molecule is CCCCC[C@H](N)c1cc(F)c(OCC)c(Cl)c1.Cl. The van der Waals surface area contributed by atoms with Gasteiger partial charge in [-0.3, -0.25) is 0 Å². The number of halogens is 3. The van der Waals surface area contributed by atoms with E-state index in [1.54, 1.807) is 13.0 Å². The van der Waals surface area contributed by atoms with Gasteiger partial charge < -0.3 is 10.5 Å². The summed E-state index contributed by atoms with van der Waals surface area (Å²) in [6.45, 7) is 4.32. The highest BCUT2D eigenvalue weighted by atomic mass is 35.5. The molecule has 2 N–H and O–H groups in total. The van der Waals surface area contributed by atoms with Crippen molar-refractivity contribution in [2.24, 2.45) is 5.73 Å². The van der Waals surface area contributed by atoms with Crippen LogP contribution in [-0.2, 0) is 0 Å². The first-order chi connectivity index (χ1) is 8.60. The second-order valence-electron chi connectivity index (χ2n) is 4.35. The van der Waals surface area contributed by atoms with E-state index in [1.165, 1.54) is 6.07 Å². The van der Waals surface area contributed by atoms with Crippen molar-refractivity contribution in [3.05, 3.63) is 28.5 Å². The highest BCUT2D eigenvalue weighted by molar-refractivity contribution is 6.32. The Morgan fingerprint density at radius 1 is 1.32 bits per heavy atom. The monoisotopic (exact) mass is 309 g/mol. The van der Waals surface area contributed by atoms with Crippen LogP contribution >= 0.6 is 24.0 Å². The van der Waals surface area contributed by atoms with E-state index >= 15 is 0 Å². The van der Waals surface area contributed by atoms with Crippen LogP contribution in [0.5, 0.6) is 5.75 Å². The third-order valence-corrected chi connectivity index (χ3v) is 3.14. The van der Waals surface area contributed by atoms with E-state index in [4.69, 9.17) is 22.1 Å². The van der Waals surface area contributed by atoms with Gasteiger partial charge in [-0.15, -0.1) is 12.4 Å². The summed E-state index contributed by atoms with van der Waals surface area (Å²) in [5.41, 5.74) is 6.76. The summed E-state index contributed by atoms with van der Waals surface area (Å²) in [7, 11) is 0. The smallest absolute Gasteiger partial charge is 0.173 e. The van der Waals surface area contributed by atoms with Crippen molar-refractivity contribution in [1.29, 1.82) is 0 Å². The minimum atomic E-state index is -0.440. The van der Waals surface area contributed by atoms with Crippen LogP contribution < -0.4 is 10.5 Å². The zero-order chi connectivity index (χ0) is 13.5. The molecule has 110 valence electrons. The highest BCUT2D eigenvalue weighted by Gasteiger charge is 2.14. The van der Waals surface area contributed by atoms with Crippen molar-refractivity contribution in [1.82, 2.24) is 0 Å². The summed E-state index contributed by atoms with van der Waals surface area (Å²) in [6, 6.07) is 2.96. The fraction of sp³-hybridized carbons (Fsp3) is 0.571. The molecule has 0 radical (unpaired) electrons. The van der Waals surface area contributed by atoms with Crippen molar-refractivity contribution >= 4 is 24.0 Å². The molecule has 1 aromatic rings. The molecule has 0 fully saturated rings. The predicted molar refractivity (Wildman–Crippen MR) is 80.9 cm³/mol. The van der Waals surface area contributed by atoms with Gasteiger partial charge in [0.15, 0.2) is 11.6 Å². The number of nitrogens with two attached hydrogens (primary N) is 1. The average molecular weight is 310 g/mol. The lowest BCUT2D eigenvalue weighted by molar-refractivity contribution is 0.321. The third kappa shape index (κ3) is 5.55. The minimum Gasteiger partial charge on any atom is -0.489 e. The second-order valence-corrected chi connectivity index (χ2v) is 4.76. The van der Waals surface area contributed by atoms with Gasteiger partial charge in [-0.2, -0.15) is 0 Å². The van der Waals surface area contributed by atoms with Crippen molar-refractivity contribution in [3.63, 3.8) is 0 Å². The highest BCUT2D eigenvalue weighted by Crippen LogP contribution is 2.32. The second kappa shape index (κ2) is 9.40. The predicted octanol–water partition coefficient (Wildman–Crippen LogP) is 4.88. The minimum absolute atomic E-state index is 0. The van der Waals surface area contributed by atoms with Gasteiger partial charge in [0, 0.05) is 6.04 Å². The molecule has 0 aromatic heterocycles. The molecule has 0 aliphatic carbocycles. The quantitative estimate of drug-likeness (QED) is 0.728. The Balaban J connectivity index is 0.00000324. The molecular formula is C14H22Cl2FNO. The van der Waals surface area contributed by atoms with Gasteiger partial charge in [-0.25, -0.2) is 4.39 Å². The molecule has 19 heavy (non-hydrogen) atoms. The number of hydrogen-bond donors (Lipinski definition) is 1. The van der Waals surface area contributed by atoms with Crippen molar-refractivity contribution < 1.29 is 9.13 Å². The molecule has 0 amide bonds. The Hall–Kier alpha value is -0.510. The Labute approximate surface area is 125 Å². The molecule has 5 heteroatoms. The van der Waals surface area contributed by atoms with Gasteiger partial charge in [0.1, 0.15) is 0 Å². The van der Waals surface area contributed by atoms with Crippen LogP contribution in [0.25, 0.3) is 0 Å². The van der Waals surface area contributed by atoms with Gasteiger partial charge in [0.25, 0.3) is 0 Å². The molecule has 2 nitrogen and oxygen atoms in total. The Kier molecular flexibility index (Phi) is 9.15. The van der Waals surface area contributed by atoms with E-state index in [-0.39, 0.29) is 29.2 Å². The Morgan fingerprint density at radius 2 is 2.00 bits per heavy atom. The fourth-order valence-corrected chi connectivity index (χ4v) is 2.13. The first kappa shape index (κ1) is 18.5. The third-order valence-electron chi connectivity index (χ3n) is 2.86. The molecule has 0 spiro atoms. The topological polar surface area (TPSA) is 35.2 Å². The van der Waals surface area contributed by atoms with Crippen LogP contribution in [-0.4, -0.2) is 6.61 Å². The summed E-state index contributed by atoms with van der Waals surface area (Å²) in [6.07, 6.45) is 4.17. The summed E-state index contributed by atoms with van der Waals surface area (Å²) < 4.78 is 18.9. The van der Waals surface area contributed by atoms with Crippen LogP contribution in [0.1, 0.15) is 51.1 Å². The molecule has 0 aliphatic rings. The van der Waals surface area contributed by atoms with Gasteiger partial charge >= 0.3 is 0 Å². The average Bonchev–Trinajstić information content (AvgIpc) is 2.33. The Bertz CT molecular complexity index is 365. The number of ether oxygens (including phenoxy) is 1. The first-order valence-electron chi connectivity index (χ1n) is 6.47. The molecule has 0 bridgehead atoms. The standard InChI is InChI=1S/C14H21ClFNO.ClH/c1-3-5-6-7-13(17)10-8-11(15)14(18-4-2)12(16)9-10;/h8-9,13H,3-7,17H2,1-2H3;1H/t13-;/m0./s1. The van der Waals surface area contributed by atoms with Gasteiger partial charge in [0.05, 0.1) is 11.6 Å². The number of hydrogen-bond acceptors (Lipinski definition) is 2. The van der Waals surface area contributed by atoms with E-state index in [0.29, 0.717) is 6.61 Å². The van der Waals surface area contributed by atoms with Crippen LogP contribution in [0.2, 0.25) is 5.02 Å². The lowest BCUT2D eigenvalue weighted by Crippen LogP contribution is -2.11. The van der Waals surface area contributed by atoms with Gasteiger partial charge in [-0.05, 0) is 31.0 Å². The van der Waals surface area contributed by atoms with Crippen molar-refractivity contribution in [2.75, 3.05) is 6.61 Å². The summed E-state index contributed by atoms with van der Waals surface area (Å²) >= 11 is 6.00. The molecular weight excluding hydrogens is 288 g/mol.